The fourth-order valence-electron chi connectivity index (χ4n) is 5.12. The van der Waals surface area contributed by atoms with Crippen molar-refractivity contribution >= 4 is 33.0 Å². The van der Waals surface area contributed by atoms with Gasteiger partial charge in [-0.3, -0.25) is 9.52 Å². The van der Waals surface area contributed by atoms with E-state index in [1.54, 1.807) is 24.3 Å². The molecular weight excluding hydrogens is 514 g/mol. The van der Waals surface area contributed by atoms with Crippen molar-refractivity contribution < 1.29 is 22.7 Å². The summed E-state index contributed by atoms with van der Waals surface area (Å²) >= 11 is 0. The molecule has 3 aromatic rings. The van der Waals surface area contributed by atoms with Crippen LogP contribution in [0.4, 0.5) is 17.1 Å². The molecule has 2 N–H and O–H groups in total. The summed E-state index contributed by atoms with van der Waals surface area (Å²) in [5, 5.41) is 2.91. The highest BCUT2D eigenvalue weighted by Crippen LogP contribution is 2.36. The number of rotatable bonds is 9. The molecule has 1 saturated heterocycles. The summed E-state index contributed by atoms with van der Waals surface area (Å²) in [4.78, 5) is 15.3. The second-order valence-electron chi connectivity index (χ2n) is 10.2. The Bertz CT molecular complexity index is 1410. The number of piperidine rings is 1. The first-order valence-corrected chi connectivity index (χ1v) is 14.7. The summed E-state index contributed by atoms with van der Waals surface area (Å²) in [5.41, 5.74) is 3.24. The van der Waals surface area contributed by atoms with E-state index in [9.17, 15) is 13.2 Å². The average molecular weight is 552 g/mol. The summed E-state index contributed by atoms with van der Waals surface area (Å²) in [5.74, 6) is 1.15. The number of hydrogen-bond donors (Lipinski definition) is 2. The van der Waals surface area contributed by atoms with Crippen molar-refractivity contribution in [3.05, 3.63) is 71.8 Å². The Balaban J connectivity index is 1.72. The van der Waals surface area contributed by atoms with Gasteiger partial charge in [-0.15, -0.1) is 0 Å². The first kappa shape index (κ1) is 28.3. The Morgan fingerprint density at radius 2 is 1.64 bits per heavy atom. The first-order chi connectivity index (χ1) is 18.6. The minimum Gasteiger partial charge on any atom is -0.497 e. The molecule has 208 valence electrons. The summed E-state index contributed by atoms with van der Waals surface area (Å²) in [6, 6.07) is 17.4. The number of hydrogen-bond acceptors (Lipinski definition) is 6. The second kappa shape index (κ2) is 12.0. The van der Waals surface area contributed by atoms with Crippen LogP contribution in [0.1, 0.15) is 43.1 Å². The van der Waals surface area contributed by atoms with Crippen LogP contribution in [0.2, 0.25) is 0 Å². The lowest BCUT2D eigenvalue weighted by Crippen LogP contribution is -2.39. The van der Waals surface area contributed by atoms with Gasteiger partial charge >= 0.3 is 0 Å². The van der Waals surface area contributed by atoms with Crippen LogP contribution >= 0.6 is 0 Å². The Hall–Kier alpha value is -3.72. The summed E-state index contributed by atoms with van der Waals surface area (Å²) in [6.07, 6.45) is 2.01. The zero-order chi connectivity index (χ0) is 28.2. The Morgan fingerprint density at radius 3 is 2.26 bits per heavy atom. The van der Waals surface area contributed by atoms with E-state index in [1.165, 1.54) is 25.8 Å². The predicted molar refractivity (Wildman–Crippen MR) is 156 cm³/mol. The SMILES string of the molecule is CCc1ccc(NC(=O)c2ccc(N3C[C@H](C)C[C@@H](C)C3)c(NS(=O)(=O)c3cc(OC)ccc3OC)c2)cc1. The maximum absolute atomic E-state index is 13.7. The van der Waals surface area contributed by atoms with Crippen molar-refractivity contribution in [3.63, 3.8) is 0 Å². The molecule has 0 bridgehead atoms. The van der Waals surface area contributed by atoms with Crippen LogP contribution in [0.15, 0.2) is 65.6 Å². The number of nitrogens with one attached hydrogen (secondary N) is 2. The molecule has 2 atom stereocenters. The number of anilines is 3. The van der Waals surface area contributed by atoms with Crippen molar-refractivity contribution in [2.45, 2.75) is 38.5 Å². The van der Waals surface area contributed by atoms with Gasteiger partial charge in [0.25, 0.3) is 15.9 Å². The molecule has 1 fully saturated rings. The topological polar surface area (TPSA) is 97.0 Å². The van der Waals surface area contributed by atoms with Crippen molar-refractivity contribution in [2.24, 2.45) is 11.8 Å². The predicted octanol–water partition coefficient (Wildman–Crippen LogP) is 5.80. The minimum atomic E-state index is -4.10. The Labute approximate surface area is 231 Å². The summed E-state index contributed by atoms with van der Waals surface area (Å²) < 4.78 is 40.7. The molecule has 8 nitrogen and oxygen atoms in total. The number of amides is 1. The molecule has 0 saturated carbocycles. The zero-order valence-corrected chi connectivity index (χ0v) is 24.0. The van der Waals surface area contributed by atoms with Crippen molar-refractivity contribution in [2.75, 3.05) is 42.2 Å². The summed E-state index contributed by atoms with van der Waals surface area (Å²) in [6.45, 7) is 8.04. The molecule has 39 heavy (non-hydrogen) atoms. The molecule has 0 spiro atoms. The lowest BCUT2D eigenvalue weighted by molar-refractivity contribution is 0.102. The zero-order valence-electron chi connectivity index (χ0n) is 23.2. The number of ether oxygens (including phenoxy) is 2. The van der Waals surface area contributed by atoms with Crippen molar-refractivity contribution in [1.29, 1.82) is 0 Å². The van der Waals surface area contributed by atoms with Crippen molar-refractivity contribution in [3.8, 4) is 11.5 Å². The van der Waals surface area contributed by atoms with Crippen LogP contribution in [-0.2, 0) is 16.4 Å². The number of carbonyl (C=O) groups excluding carboxylic acids is 1. The molecule has 1 aliphatic rings. The number of sulfonamides is 1. The van der Waals surface area contributed by atoms with E-state index >= 15 is 0 Å². The maximum atomic E-state index is 13.7. The molecule has 1 amide bonds. The first-order valence-electron chi connectivity index (χ1n) is 13.2. The Kier molecular flexibility index (Phi) is 8.70. The Morgan fingerprint density at radius 1 is 0.949 bits per heavy atom. The molecule has 9 heteroatoms. The highest BCUT2D eigenvalue weighted by molar-refractivity contribution is 7.92. The van der Waals surface area contributed by atoms with Crippen LogP contribution in [0.3, 0.4) is 0 Å². The van der Waals surface area contributed by atoms with Gasteiger partial charge in [-0.2, -0.15) is 0 Å². The van der Waals surface area contributed by atoms with E-state index in [0.717, 1.165) is 31.6 Å². The molecule has 0 aliphatic carbocycles. The van der Waals surface area contributed by atoms with E-state index in [1.807, 2.05) is 30.3 Å². The van der Waals surface area contributed by atoms with E-state index in [0.29, 0.717) is 34.5 Å². The molecule has 0 unspecified atom stereocenters. The van der Waals surface area contributed by atoms with Gasteiger partial charge in [-0.1, -0.05) is 32.9 Å². The van der Waals surface area contributed by atoms with Crippen LogP contribution in [0, 0.1) is 11.8 Å². The van der Waals surface area contributed by atoms with Crippen LogP contribution in [-0.4, -0.2) is 41.6 Å². The summed E-state index contributed by atoms with van der Waals surface area (Å²) in [7, 11) is -1.21. The molecule has 3 aromatic carbocycles. The van der Waals surface area contributed by atoms with Gasteiger partial charge in [0.1, 0.15) is 16.4 Å². The molecule has 1 aliphatic heterocycles. The van der Waals surface area contributed by atoms with Gasteiger partial charge < -0.3 is 19.7 Å². The second-order valence-corrected chi connectivity index (χ2v) is 11.9. The number of benzene rings is 3. The van der Waals surface area contributed by atoms with E-state index in [4.69, 9.17) is 9.47 Å². The number of methoxy groups -OCH3 is 2. The number of nitrogens with zero attached hydrogens (tertiary/aromatic N) is 1. The molecule has 0 aromatic heterocycles. The van der Waals surface area contributed by atoms with Crippen LogP contribution < -0.4 is 24.4 Å². The largest absolute Gasteiger partial charge is 0.497 e. The third kappa shape index (κ3) is 6.65. The number of carbonyl (C=O) groups is 1. The quantitative estimate of drug-likeness (QED) is 0.349. The van der Waals surface area contributed by atoms with Gasteiger partial charge in [0.05, 0.1) is 25.6 Å². The fourth-order valence-corrected chi connectivity index (χ4v) is 6.37. The van der Waals surface area contributed by atoms with Gasteiger partial charge in [-0.05, 0) is 72.7 Å². The van der Waals surface area contributed by atoms with E-state index in [-0.39, 0.29) is 16.6 Å². The van der Waals surface area contributed by atoms with Gasteiger partial charge in [-0.25, -0.2) is 8.42 Å². The lowest BCUT2D eigenvalue weighted by Gasteiger charge is -2.37. The van der Waals surface area contributed by atoms with Gasteiger partial charge in [0, 0.05) is 30.4 Å². The molecular formula is C30H37N3O5S. The van der Waals surface area contributed by atoms with E-state index in [2.05, 4.69) is 35.7 Å². The lowest BCUT2D eigenvalue weighted by atomic mass is 9.91. The average Bonchev–Trinajstić information content (AvgIpc) is 2.92. The number of aryl methyl sites for hydroxylation is 1. The highest BCUT2D eigenvalue weighted by Gasteiger charge is 2.27. The smallest absolute Gasteiger partial charge is 0.265 e. The fraction of sp³-hybridized carbons (Fsp3) is 0.367. The third-order valence-electron chi connectivity index (χ3n) is 6.99. The van der Waals surface area contributed by atoms with Crippen LogP contribution in [0.25, 0.3) is 0 Å². The maximum Gasteiger partial charge on any atom is 0.265 e. The van der Waals surface area contributed by atoms with Crippen molar-refractivity contribution in [1.82, 2.24) is 0 Å². The third-order valence-corrected chi connectivity index (χ3v) is 8.38. The standard InChI is InChI=1S/C30H37N3O5S/c1-6-22-7-10-24(11-8-22)31-30(34)23-9-13-27(33-18-20(2)15-21(3)19-33)26(16-23)32-39(35,36)29-17-25(37-4)12-14-28(29)38-5/h7-14,16-17,20-21,32H,6,15,18-19H2,1-5H3,(H,31,34)/t20-,21-/m1/s1. The van der Waals surface area contributed by atoms with Crippen LogP contribution in [0.5, 0.6) is 11.5 Å². The molecule has 4 rings (SSSR count). The molecule has 0 radical (unpaired) electrons. The van der Waals surface area contributed by atoms with E-state index < -0.39 is 10.0 Å². The monoisotopic (exact) mass is 551 g/mol. The highest BCUT2D eigenvalue weighted by atomic mass is 32.2. The van der Waals surface area contributed by atoms with Gasteiger partial charge in [0.2, 0.25) is 0 Å². The minimum absolute atomic E-state index is 0.0541. The molecule has 1 heterocycles. The normalized spacial score (nSPS) is 17.4. The van der Waals surface area contributed by atoms with Gasteiger partial charge in [0.15, 0.2) is 0 Å².